The number of carbonyl (C=O) groups is 1. The first-order valence-corrected chi connectivity index (χ1v) is 11.6. The molecule has 1 atom stereocenters. The van der Waals surface area contributed by atoms with Gasteiger partial charge in [-0.05, 0) is 25.0 Å². The number of sulfonamides is 1. The van der Waals surface area contributed by atoms with Crippen molar-refractivity contribution in [3.63, 3.8) is 0 Å². The van der Waals surface area contributed by atoms with E-state index in [0.717, 1.165) is 5.56 Å². The largest absolute Gasteiger partial charge is 0.337 e. The van der Waals surface area contributed by atoms with Crippen LogP contribution in [0.25, 0.3) is 11.4 Å². The lowest BCUT2D eigenvalue weighted by Crippen LogP contribution is -2.45. The molecule has 1 fully saturated rings. The van der Waals surface area contributed by atoms with E-state index < -0.39 is 15.9 Å². The summed E-state index contributed by atoms with van der Waals surface area (Å²) in [5.41, 5.74) is 0.834. The van der Waals surface area contributed by atoms with Gasteiger partial charge in [0.2, 0.25) is 27.6 Å². The Morgan fingerprint density at radius 2 is 1.81 bits per heavy atom. The van der Waals surface area contributed by atoms with Crippen LogP contribution >= 0.6 is 0 Å². The lowest BCUT2D eigenvalue weighted by atomic mass is 9.98. The van der Waals surface area contributed by atoms with Crippen LogP contribution in [0.4, 0.5) is 0 Å². The number of aromatic nitrogens is 2. The third-order valence-corrected chi connectivity index (χ3v) is 7.24. The van der Waals surface area contributed by atoms with Crippen LogP contribution in [-0.4, -0.2) is 53.8 Å². The van der Waals surface area contributed by atoms with Crippen LogP contribution in [0, 0.1) is 5.92 Å². The molecule has 2 aromatic carbocycles. The summed E-state index contributed by atoms with van der Waals surface area (Å²) in [5, 5.41) is 3.98. The fourth-order valence-corrected chi connectivity index (χ4v) is 5.26. The van der Waals surface area contributed by atoms with Crippen LogP contribution < -0.4 is 0 Å². The number of hydrogen-bond donors (Lipinski definition) is 0. The van der Waals surface area contributed by atoms with Gasteiger partial charge in [0.1, 0.15) is 0 Å². The van der Waals surface area contributed by atoms with Gasteiger partial charge in [0.05, 0.1) is 17.4 Å². The molecular formula is C22H24N4O4S. The van der Waals surface area contributed by atoms with Crippen molar-refractivity contribution in [2.24, 2.45) is 5.92 Å². The summed E-state index contributed by atoms with van der Waals surface area (Å²) in [6.07, 6.45) is 1.28. The van der Waals surface area contributed by atoms with Gasteiger partial charge in [0.25, 0.3) is 0 Å². The van der Waals surface area contributed by atoms with Crippen LogP contribution in [-0.2, 0) is 21.4 Å². The second-order valence-corrected chi connectivity index (χ2v) is 9.53. The first-order valence-electron chi connectivity index (χ1n) is 10.1. The molecule has 1 saturated heterocycles. The SMILES string of the molecule is CN(Cc1nc(-c2ccccc2)no1)C(=O)C1CCCN(S(=O)(=O)c2ccccc2)C1. The first kappa shape index (κ1) is 21.2. The molecule has 9 heteroatoms. The lowest BCUT2D eigenvalue weighted by Gasteiger charge is -2.33. The van der Waals surface area contributed by atoms with Crippen molar-refractivity contribution in [3.8, 4) is 11.4 Å². The van der Waals surface area contributed by atoms with E-state index in [1.807, 2.05) is 30.3 Å². The van der Waals surface area contributed by atoms with Crippen molar-refractivity contribution >= 4 is 15.9 Å². The van der Waals surface area contributed by atoms with Crippen LogP contribution in [0.2, 0.25) is 0 Å². The maximum atomic E-state index is 13.0. The van der Waals surface area contributed by atoms with Crippen molar-refractivity contribution in [1.29, 1.82) is 0 Å². The van der Waals surface area contributed by atoms with Crippen molar-refractivity contribution in [2.45, 2.75) is 24.3 Å². The fourth-order valence-electron chi connectivity index (χ4n) is 3.72. The van der Waals surface area contributed by atoms with E-state index in [4.69, 9.17) is 4.52 Å². The second-order valence-electron chi connectivity index (χ2n) is 7.59. The quantitative estimate of drug-likeness (QED) is 0.585. The monoisotopic (exact) mass is 440 g/mol. The van der Waals surface area contributed by atoms with E-state index in [0.29, 0.717) is 31.1 Å². The Morgan fingerprint density at radius 3 is 2.52 bits per heavy atom. The minimum Gasteiger partial charge on any atom is -0.337 e. The summed E-state index contributed by atoms with van der Waals surface area (Å²) in [5.74, 6) is 0.259. The molecule has 1 aliphatic rings. The predicted molar refractivity (Wildman–Crippen MR) is 114 cm³/mol. The average Bonchev–Trinajstić information content (AvgIpc) is 3.28. The van der Waals surface area contributed by atoms with Crippen LogP contribution in [0.15, 0.2) is 70.1 Å². The van der Waals surface area contributed by atoms with Gasteiger partial charge in [0.15, 0.2) is 0 Å². The summed E-state index contributed by atoms with van der Waals surface area (Å²) < 4.78 is 32.5. The lowest BCUT2D eigenvalue weighted by molar-refractivity contribution is -0.136. The third-order valence-electron chi connectivity index (χ3n) is 5.36. The molecule has 0 spiro atoms. The summed E-state index contributed by atoms with van der Waals surface area (Å²) in [4.78, 5) is 19.1. The number of hydrogen-bond acceptors (Lipinski definition) is 6. The van der Waals surface area contributed by atoms with Gasteiger partial charge in [-0.1, -0.05) is 53.7 Å². The zero-order chi connectivity index (χ0) is 21.8. The maximum Gasteiger partial charge on any atom is 0.246 e. The van der Waals surface area contributed by atoms with E-state index in [-0.39, 0.29) is 23.9 Å². The van der Waals surface area contributed by atoms with Gasteiger partial charge < -0.3 is 9.42 Å². The average molecular weight is 441 g/mol. The van der Waals surface area contributed by atoms with Gasteiger partial charge in [-0.25, -0.2) is 8.42 Å². The van der Waals surface area contributed by atoms with E-state index in [2.05, 4.69) is 10.1 Å². The summed E-state index contributed by atoms with van der Waals surface area (Å²) in [7, 11) is -1.95. The molecule has 3 aromatic rings. The normalized spacial score (nSPS) is 17.4. The predicted octanol–water partition coefficient (Wildman–Crippen LogP) is 2.80. The van der Waals surface area contributed by atoms with Crippen LogP contribution in [0.3, 0.4) is 0 Å². The van der Waals surface area contributed by atoms with Gasteiger partial charge in [-0.15, -0.1) is 0 Å². The zero-order valence-corrected chi connectivity index (χ0v) is 18.0. The minimum atomic E-state index is -3.62. The molecule has 0 N–H and O–H groups in total. The highest BCUT2D eigenvalue weighted by Crippen LogP contribution is 2.25. The Morgan fingerprint density at radius 1 is 1.13 bits per heavy atom. The number of amides is 1. The summed E-state index contributed by atoms with van der Waals surface area (Å²) in [6.45, 7) is 0.745. The molecule has 0 radical (unpaired) electrons. The summed E-state index contributed by atoms with van der Waals surface area (Å²) in [6, 6.07) is 17.8. The molecule has 0 aliphatic carbocycles. The van der Waals surface area contributed by atoms with Gasteiger partial charge in [0, 0.05) is 25.7 Å². The molecule has 162 valence electrons. The minimum absolute atomic E-state index is 0.132. The van der Waals surface area contributed by atoms with Crippen LogP contribution in [0.1, 0.15) is 18.7 Å². The van der Waals surface area contributed by atoms with Gasteiger partial charge >= 0.3 is 0 Å². The smallest absolute Gasteiger partial charge is 0.246 e. The van der Waals surface area contributed by atoms with Crippen molar-refractivity contribution in [3.05, 3.63) is 66.6 Å². The highest BCUT2D eigenvalue weighted by molar-refractivity contribution is 7.89. The highest BCUT2D eigenvalue weighted by atomic mass is 32.2. The molecule has 1 unspecified atom stereocenters. The van der Waals surface area contributed by atoms with E-state index >= 15 is 0 Å². The summed E-state index contributed by atoms with van der Waals surface area (Å²) >= 11 is 0. The molecule has 0 saturated carbocycles. The van der Waals surface area contributed by atoms with Gasteiger partial charge in [-0.2, -0.15) is 9.29 Å². The van der Waals surface area contributed by atoms with Crippen molar-refractivity contribution < 1.29 is 17.7 Å². The second kappa shape index (κ2) is 8.99. The fraction of sp³-hybridized carbons (Fsp3) is 0.318. The van der Waals surface area contributed by atoms with E-state index in [1.54, 1.807) is 37.4 Å². The van der Waals surface area contributed by atoms with Crippen LogP contribution in [0.5, 0.6) is 0 Å². The Labute approximate surface area is 181 Å². The van der Waals surface area contributed by atoms with E-state index in [9.17, 15) is 13.2 Å². The standard InChI is InChI=1S/C22H24N4O4S/c1-25(16-20-23-21(24-30-20)17-9-4-2-5-10-17)22(27)18-11-8-14-26(15-18)31(28,29)19-12-6-3-7-13-19/h2-7,9-10,12-13,18H,8,11,14-16H2,1H3. The molecule has 1 aliphatic heterocycles. The molecule has 4 rings (SSSR count). The third kappa shape index (κ3) is 4.67. The molecule has 2 heterocycles. The molecule has 31 heavy (non-hydrogen) atoms. The molecule has 1 aromatic heterocycles. The van der Waals surface area contributed by atoms with E-state index in [1.165, 1.54) is 9.21 Å². The Bertz CT molecular complexity index is 1130. The van der Waals surface area contributed by atoms with Crippen molar-refractivity contribution in [2.75, 3.05) is 20.1 Å². The Hall–Kier alpha value is -3.04. The molecule has 0 bridgehead atoms. The molecular weight excluding hydrogens is 416 g/mol. The number of nitrogens with zero attached hydrogens (tertiary/aromatic N) is 4. The molecule has 1 amide bonds. The Kier molecular flexibility index (Phi) is 6.15. The topological polar surface area (TPSA) is 96.6 Å². The zero-order valence-electron chi connectivity index (χ0n) is 17.2. The molecule has 8 nitrogen and oxygen atoms in total. The number of benzene rings is 2. The number of carbonyl (C=O) groups excluding carboxylic acids is 1. The maximum absolute atomic E-state index is 13.0. The number of piperidine rings is 1. The van der Waals surface area contributed by atoms with Gasteiger partial charge in [-0.3, -0.25) is 4.79 Å². The number of rotatable bonds is 6. The highest BCUT2D eigenvalue weighted by Gasteiger charge is 2.34. The van der Waals surface area contributed by atoms with Crippen molar-refractivity contribution in [1.82, 2.24) is 19.3 Å². The first-order chi connectivity index (χ1) is 14.9. The Balaban J connectivity index is 1.41.